The highest BCUT2D eigenvalue weighted by atomic mass is 79.9. The minimum absolute atomic E-state index is 0.0424. The molecule has 0 spiro atoms. The second-order valence-corrected chi connectivity index (χ2v) is 8.74. The molecule has 3 rings (SSSR count). The third kappa shape index (κ3) is 3.83. The Bertz CT molecular complexity index is 947. The minimum atomic E-state index is -3.74. The van der Waals surface area contributed by atoms with E-state index in [0.717, 1.165) is 24.1 Å². The molecule has 5 nitrogen and oxygen atoms in total. The summed E-state index contributed by atoms with van der Waals surface area (Å²) >= 11 is 9.28. The van der Waals surface area contributed by atoms with E-state index in [9.17, 15) is 13.2 Å². The first kappa shape index (κ1) is 18.2. The largest absolute Gasteiger partial charge is 0.312 e. The molecule has 2 aromatic carbocycles. The van der Waals surface area contributed by atoms with Crippen molar-refractivity contribution in [2.45, 2.75) is 24.7 Å². The first-order valence-electron chi connectivity index (χ1n) is 7.67. The fourth-order valence-corrected chi connectivity index (χ4v) is 4.37. The maximum atomic E-state index is 12.7. The van der Waals surface area contributed by atoms with E-state index in [1.807, 2.05) is 0 Å². The van der Waals surface area contributed by atoms with E-state index in [-0.39, 0.29) is 10.8 Å². The molecule has 0 fully saturated rings. The molecule has 1 aliphatic heterocycles. The monoisotopic (exact) mass is 442 g/mol. The number of anilines is 2. The first-order chi connectivity index (χ1) is 11.8. The molecule has 0 saturated carbocycles. The van der Waals surface area contributed by atoms with E-state index in [1.165, 1.54) is 13.0 Å². The molecule has 0 atom stereocenters. The second-order valence-electron chi connectivity index (χ2n) is 5.80. The Balaban J connectivity index is 1.92. The van der Waals surface area contributed by atoms with Crippen molar-refractivity contribution < 1.29 is 13.2 Å². The van der Waals surface area contributed by atoms with E-state index in [0.29, 0.717) is 21.7 Å². The molecule has 8 heteroatoms. The summed E-state index contributed by atoms with van der Waals surface area (Å²) in [5, 5.41) is 0.419. The lowest BCUT2D eigenvalue weighted by Crippen LogP contribution is -2.33. The number of aryl methyl sites for hydroxylation is 1. The van der Waals surface area contributed by atoms with Crippen LogP contribution in [0.2, 0.25) is 5.02 Å². The molecule has 2 aromatic rings. The van der Waals surface area contributed by atoms with Gasteiger partial charge in [0.1, 0.15) is 0 Å². The van der Waals surface area contributed by atoms with E-state index in [2.05, 4.69) is 20.7 Å². The summed E-state index contributed by atoms with van der Waals surface area (Å²) in [6.45, 7) is 2.17. The van der Waals surface area contributed by atoms with Crippen LogP contribution in [0.1, 0.15) is 18.9 Å². The normalized spacial score (nSPS) is 14.1. The predicted octanol–water partition coefficient (Wildman–Crippen LogP) is 4.20. The van der Waals surface area contributed by atoms with Crippen molar-refractivity contribution in [2.75, 3.05) is 16.2 Å². The van der Waals surface area contributed by atoms with E-state index in [1.54, 1.807) is 35.2 Å². The first-order valence-corrected chi connectivity index (χ1v) is 10.3. The van der Waals surface area contributed by atoms with Gasteiger partial charge in [-0.2, -0.15) is 0 Å². The number of nitrogens with one attached hydrogen (secondary N) is 1. The SMILES string of the molecule is CC(=O)N1CCCc2cc(S(=O)(=O)Nc3ccc(Br)c(Cl)c3)ccc21. The zero-order chi connectivity index (χ0) is 18.2. The number of benzene rings is 2. The fraction of sp³-hybridized carbons (Fsp3) is 0.235. The van der Waals surface area contributed by atoms with Gasteiger partial charge in [0, 0.05) is 23.6 Å². The lowest BCUT2D eigenvalue weighted by Gasteiger charge is -2.28. The molecule has 1 amide bonds. The summed E-state index contributed by atoms with van der Waals surface area (Å²) in [7, 11) is -3.74. The number of sulfonamides is 1. The molecule has 25 heavy (non-hydrogen) atoms. The quantitative estimate of drug-likeness (QED) is 0.773. The van der Waals surface area contributed by atoms with Crippen LogP contribution in [0.4, 0.5) is 11.4 Å². The van der Waals surface area contributed by atoms with Crippen LogP contribution >= 0.6 is 27.5 Å². The maximum Gasteiger partial charge on any atom is 0.261 e. The summed E-state index contributed by atoms with van der Waals surface area (Å²) in [6.07, 6.45) is 1.55. The van der Waals surface area contributed by atoms with Gasteiger partial charge in [-0.25, -0.2) is 8.42 Å². The van der Waals surface area contributed by atoms with Crippen LogP contribution in [0.25, 0.3) is 0 Å². The molecule has 1 aliphatic rings. The number of hydrogen-bond donors (Lipinski definition) is 1. The Morgan fingerprint density at radius 1 is 1.24 bits per heavy atom. The van der Waals surface area contributed by atoms with Gasteiger partial charge in [0.25, 0.3) is 10.0 Å². The number of rotatable bonds is 3. The van der Waals surface area contributed by atoms with Gasteiger partial charge in [-0.1, -0.05) is 11.6 Å². The number of hydrogen-bond acceptors (Lipinski definition) is 3. The average Bonchev–Trinajstić information content (AvgIpc) is 2.56. The van der Waals surface area contributed by atoms with Gasteiger partial charge in [-0.3, -0.25) is 9.52 Å². The summed E-state index contributed by atoms with van der Waals surface area (Å²) in [5.41, 5.74) is 2.03. The van der Waals surface area contributed by atoms with Crippen molar-refractivity contribution in [1.82, 2.24) is 0 Å². The molecular weight excluding hydrogens is 428 g/mol. The molecule has 1 N–H and O–H groups in total. The number of carbonyl (C=O) groups excluding carboxylic acids is 1. The molecule has 0 bridgehead atoms. The number of amides is 1. The van der Waals surface area contributed by atoms with Gasteiger partial charge in [0.05, 0.1) is 15.6 Å². The lowest BCUT2D eigenvalue weighted by atomic mass is 10.0. The van der Waals surface area contributed by atoms with Gasteiger partial charge in [0.2, 0.25) is 5.91 Å². The van der Waals surface area contributed by atoms with Crippen LogP contribution in [-0.2, 0) is 21.2 Å². The van der Waals surface area contributed by atoms with Crippen LogP contribution in [0.15, 0.2) is 45.8 Å². The van der Waals surface area contributed by atoms with Gasteiger partial charge < -0.3 is 4.90 Å². The maximum absolute atomic E-state index is 12.7. The van der Waals surface area contributed by atoms with E-state index >= 15 is 0 Å². The van der Waals surface area contributed by atoms with Crippen molar-refractivity contribution in [3.8, 4) is 0 Å². The van der Waals surface area contributed by atoms with Gasteiger partial charge in [0.15, 0.2) is 0 Å². The Morgan fingerprint density at radius 3 is 2.68 bits per heavy atom. The average molecular weight is 444 g/mol. The summed E-state index contributed by atoms with van der Waals surface area (Å²) < 4.78 is 28.5. The zero-order valence-electron chi connectivity index (χ0n) is 13.4. The number of nitrogens with zero attached hydrogens (tertiary/aromatic N) is 1. The van der Waals surface area contributed by atoms with Crippen LogP contribution in [0.5, 0.6) is 0 Å². The molecule has 1 heterocycles. The van der Waals surface area contributed by atoms with Crippen LogP contribution in [0.3, 0.4) is 0 Å². The predicted molar refractivity (Wildman–Crippen MR) is 103 cm³/mol. The van der Waals surface area contributed by atoms with Crippen molar-refractivity contribution in [2.24, 2.45) is 0 Å². The zero-order valence-corrected chi connectivity index (χ0v) is 16.6. The number of carbonyl (C=O) groups is 1. The topological polar surface area (TPSA) is 66.5 Å². The minimum Gasteiger partial charge on any atom is -0.312 e. The van der Waals surface area contributed by atoms with Gasteiger partial charge in [-0.15, -0.1) is 0 Å². The highest BCUT2D eigenvalue weighted by Gasteiger charge is 2.23. The molecule has 0 aliphatic carbocycles. The highest BCUT2D eigenvalue weighted by molar-refractivity contribution is 9.10. The van der Waals surface area contributed by atoms with Crippen LogP contribution in [-0.4, -0.2) is 20.9 Å². The highest BCUT2D eigenvalue weighted by Crippen LogP contribution is 2.31. The fourth-order valence-electron chi connectivity index (χ4n) is 2.84. The molecule has 0 unspecified atom stereocenters. The third-order valence-corrected chi connectivity index (χ3v) is 6.64. The second kappa shape index (κ2) is 6.97. The molecule has 0 aromatic heterocycles. The van der Waals surface area contributed by atoms with E-state index < -0.39 is 10.0 Å². The summed E-state index contributed by atoms with van der Waals surface area (Å²) in [4.78, 5) is 13.6. The van der Waals surface area contributed by atoms with Gasteiger partial charge >= 0.3 is 0 Å². The number of fused-ring (bicyclic) bond motifs is 1. The number of halogens is 2. The van der Waals surface area contributed by atoms with Crippen LogP contribution < -0.4 is 9.62 Å². The Labute approximate surface area is 160 Å². The Kier molecular flexibility index (Phi) is 5.09. The standard InChI is InChI=1S/C17H16BrClN2O3S/c1-11(22)21-8-2-3-12-9-14(5-7-17(12)21)25(23,24)20-13-4-6-15(18)16(19)10-13/h4-7,9-10,20H,2-3,8H2,1H3. The Hall–Kier alpha value is -1.57. The molecule has 0 radical (unpaired) electrons. The smallest absolute Gasteiger partial charge is 0.261 e. The molecule has 0 saturated heterocycles. The van der Waals surface area contributed by atoms with Crippen LogP contribution in [0, 0.1) is 0 Å². The summed E-state index contributed by atoms with van der Waals surface area (Å²) in [5.74, 6) is -0.0424. The lowest BCUT2D eigenvalue weighted by molar-refractivity contribution is -0.116. The van der Waals surface area contributed by atoms with Gasteiger partial charge in [-0.05, 0) is 70.7 Å². The molecule has 132 valence electrons. The Morgan fingerprint density at radius 2 is 2.00 bits per heavy atom. The van der Waals surface area contributed by atoms with E-state index in [4.69, 9.17) is 11.6 Å². The van der Waals surface area contributed by atoms with Crippen molar-refractivity contribution in [3.63, 3.8) is 0 Å². The van der Waals surface area contributed by atoms with Crippen molar-refractivity contribution in [3.05, 3.63) is 51.5 Å². The molecular formula is C17H16BrClN2O3S. The van der Waals surface area contributed by atoms with Crippen molar-refractivity contribution >= 4 is 54.8 Å². The summed E-state index contributed by atoms with van der Waals surface area (Å²) in [6, 6.07) is 9.69. The third-order valence-electron chi connectivity index (χ3n) is 4.03. The van der Waals surface area contributed by atoms with Crippen molar-refractivity contribution in [1.29, 1.82) is 0 Å².